The van der Waals surface area contributed by atoms with Gasteiger partial charge in [0.25, 0.3) is 0 Å². The van der Waals surface area contributed by atoms with E-state index in [1.54, 1.807) is 22.3 Å². The molecule has 1 N–H and O–H groups in total. The third-order valence-electron chi connectivity index (χ3n) is 3.02. The van der Waals surface area contributed by atoms with Gasteiger partial charge in [-0.25, -0.2) is 4.79 Å². The Balaban J connectivity index is 2.19. The Morgan fingerprint density at radius 2 is 2.00 bits per heavy atom. The molecule has 2 rings (SSSR count). The Kier molecular flexibility index (Phi) is 6.12. The number of hydrogen-bond acceptors (Lipinski definition) is 2. The fraction of sp³-hybridized carbons (Fsp3) is 0.312. The summed E-state index contributed by atoms with van der Waals surface area (Å²) in [5, 5.41) is 5.92. The van der Waals surface area contributed by atoms with Gasteiger partial charge in [-0.3, -0.25) is 0 Å². The van der Waals surface area contributed by atoms with E-state index < -0.39 is 0 Å². The molecule has 0 radical (unpaired) electrons. The first-order chi connectivity index (χ1) is 10.5. The van der Waals surface area contributed by atoms with E-state index >= 15 is 0 Å². The van der Waals surface area contributed by atoms with E-state index in [-0.39, 0.29) is 12.1 Å². The Hall–Kier alpha value is -1.23. The van der Waals surface area contributed by atoms with Crippen LogP contribution in [0.4, 0.5) is 4.79 Å². The highest BCUT2D eigenvalue weighted by Gasteiger charge is 2.17. The monoisotopic (exact) mass is 356 g/mol. The first kappa shape index (κ1) is 17.1. The fourth-order valence-corrected chi connectivity index (χ4v) is 3.10. The van der Waals surface area contributed by atoms with Crippen LogP contribution in [0.25, 0.3) is 0 Å². The lowest BCUT2D eigenvalue weighted by Gasteiger charge is -2.24. The number of thiophene rings is 1. The molecule has 0 unspecified atom stereocenters. The van der Waals surface area contributed by atoms with Gasteiger partial charge in [-0.1, -0.05) is 41.4 Å². The Morgan fingerprint density at radius 1 is 1.23 bits per heavy atom. The van der Waals surface area contributed by atoms with Gasteiger partial charge in [0.05, 0.1) is 16.6 Å². The molecule has 0 aliphatic carbocycles. The van der Waals surface area contributed by atoms with E-state index in [1.165, 1.54) is 0 Å². The summed E-state index contributed by atoms with van der Waals surface area (Å²) in [5.41, 5.74) is 0.838. The lowest BCUT2D eigenvalue weighted by molar-refractivity contribution is 0.190. The summed E-state index contributed by atoms with van der Waals surface area (Å²) < 4.78 is 0. The highest BCUT2D eigenvalue weighted by Crippen LogP contribution is 2.27. The molecule has 0 aliphatic heterocycles. The minimum atomic E-state index is -0.112. The van der Waals surface area contributed by atoms with Crippen molar-refractivity contribution in [1.29, 1.82) is 0 Å². The van der Waals surface area contributed by atoms with Crippen LogP contribution in [0.15, 0.2) is 35.7 Å². The number of benzene rings is 1. The Morgan fingerprint density at radius 3 is 2.64 bits per heavy atom. The maximum absolute atomic E-state index is 12.4. The van der Waals surface area contributed by atoms with E-state index in [9.17, 15) is 4.79 Å². The van der Waals surface area contributed by atoms with Crippen molar-refractivity contribution in [2.45, 2.75) is 33.0 Å². The van der Waals surface area contributed by atoms with Crippen molar-refractivity contribution in [3.05, 3.63) is 56.2 Å². The zero-order valence-corrected chi connectivity index (χ0v) is 14.8. The van der Waals surface area contributed by atoms with E-state index in [0.29, 0.717) is 23.1 Å². The van der Waals surface area contributed by atoms with Crippen LogP contribution in [0.2, 0.25) is 10.0 Å². The zero-order valence-electron chi connectivity index (χ0n) is 12.5. The smallest absolute Gasteiger partial charge is 0.318 e. The Labute approximate surface area is 144 Å². The van der Waals surface area contributed by atoms with Gasteiger partial charge in [0.2, 0.25) is 0 Å². The number of nitrogens with zero attached hydrogens (tertiary/aromatic N) is 1. The largest absolute Gasteiger partial charge is 0.336 e. The molecule has 1 aromatic heterocycles. The molecule has 0 saturated carbocycles. The van der Waals surface area contributed by atoms with Crippen molar-refractivity contribution in [2.24, 2.45) is 0 Å². The summed E-state index contributed by atoms with van der Waals surface area (Å²) in [5.74, 6) is 0. The average Bonchev–Trinajstić information content (AvgIpc) is 2.95. The quantitative estimate of drug-likeness (QED) is 0.786. The van der Waals surface area contributed by atoms with Crippen LogP contribution in [-0.4, -0.2) is 17.0 Å². The fourth-order valence-electron chi connectivity index (χ4n) is 2.00. The molecule has 0 spiro atoms. The van der Waals surface area contributed by atoms with E-state index in [2.05, 4.69) is 5.32 Å². The molecule has 6 heteroatoms. The molecule has 0 saturated heterocycles. The summed E-state index contributed by atoms with van der Waals surface area (Å²) in [6.07, 6.45) is 0. The third kappa shape index (κ3) is 4.63. The second-order valence-corrected chi connectivity index (χ2v) is 7.07. The Bertz CT molecular complexity index is 629. The summed E-state index contributed by atoms with van der Waals surface area (Å²) in [6.45, 7) is 4.83. The molecular weight excluding hydrogens is 339 g/mol. The maximum Gasteiger partial charge on any atom is 0.318 e. The maximum atomic E-state index is 12.4. The van der Waals surface area contributed by atoms with Gasteiger partial charge in [-0.15, -0.1) is 11.3 Å². The van der Waals surface area contributed by atoms with Crippen LogP contribution in [-0.2, 0) is 13.1 Å². The van der Waals surface area contributed by atoms with Crippen molar-refractivity contribution in [2.75, 3.05) is 0 Å². The van der Waals surface area contributed by atoms with Crippen LogP contribution >= 0.6 is 34.5 Å². The van der Waals surface area contributed by atoms with E-state index in [4.69, 9.17) is 23.2 Å². The summed E-state index contributed by atoms with van der Waals surface area (Å²) in [4.78, 5) is 15.3. The lowest BCUT2D eigenvalue weighted by Crippen LogP contribution is -2.42. The zero-order chi connectivity index (χ0) is 16.1. The number of halogens is 2. The lowest BCUT2D eigenvalue weighted by atomic mass is 10.2. The molecule has 0 atom stereocenters. The summed E-state index contributed by atoms with van der Waals surface area (Å²) in [7, 11) is 0. The van der Waals surface area contributed by atoms with Crippen LogP contribution in [0, 0.1) is 0 Å². The van der Waals surface area contributed by atoms with Gasteiger partial charge in [0, 0.05) is 17.5 Å². The third-order valence-corrected chi connectivity index (χ3v) is 4.74. The molecule has 0 fully saturated rings. The average molecular weight is 357 g/mol. The van der Waals surface area contributed by atoms with E-state index in [0.717, 1.165) is 10.4 Å². The number of urea groups is 1. The molecule has 1 aromatic carbocycles. The minimum absolute atomic E-state index is 0.0770. The first-order valence-electron chi connectivity index (χ1n) is 6.98. The minimum Gasteiger partial charge on any atom is -0.336 e. The first-order valence-corrected chi connectivity index (χ1v) is 8.61. The van der Waals surface area contributed by atoms with Crippen LogP contribution in [0.3, 0.4) is 0 Å². The van der Waals surface area contributed by atoms with Gasteiger partial charge < -0.3 is 10.2 Å². The molecule has 0 aliphatic rings. The molecule has 2 aromatic rings. The van der Waals surface area contributed by atoms with Gasteiger partial charge in [-0.2, -0.15) is 0 Å². The highest BCUT2D eigenvalue weighted by atomic mass is 35.5. The molecule has 2 amide bonds. The van der Waals surface area contributed by atoms with Crippen molar-refractivity contribution >= 4 is 40.6 Å². The standard InChI is InChI=1S/C16H18Cl2N2OS/c1-11(2)19-16(21)20(10-13-6-4-8-22-13)9-12-5-3-7-14(17)15(12)18/h3-8,11H,9-10H2,1-2H3,(H,19,21). The molecular formula is C16H18Cl2N2OS. The molecule has 118 valence electrons. The normalized spacial score (nSPS) is 10.8. The second-order valence-electron chi connectivity index (χ2n) is 5.25. The van der Waals surface area contributed by atoms with Gasteiger partial charge >= 0.3 is 6.03 Å². The predicted octanol–water partition coefficient (Wildman–Crippen LogP) is 5.18. The van der Waals surface area contributed by atoms with Crippen molar-refractivity contribution in [3.63, 3.8) is 0 Å². The molecule has 3 nitrogen and oxygen atoms in total. The van der Waals surface area contributed by atoms with Gasteiger partial charge in [0.1, 0.15) is 0 Å². The number of amides is 2. The molecule has 1 heterocycles. The topological polar surface area (TPSA) is 32.3 Å². The van der Waals surface area contributed by atoms with Crippen LogP contribution in [0.5, 0.6) is 0 Å². The van der Waals surface area contributed by atoms with E-state index in [1.807, 2.05) is 43.5 Å². The van der Waals surface area contributed by atoms with Crippen LogP contribution < -0.4 is 5.32 Å². The predicted molar refractivity (Wildman–Crippen MR) is 93.7 cm³/mol. The number of carbonyl (C=O) groups excluding carboxylic acids is 1. The number of carbonyl (C=O) groups is 1. The van der Waals surface area contributed by atoms with Gasteiger partial charge in [0.15, 0.2) is 0 Å². The summed E-state index contributed by atoms with van der Waals surface area (Å²) in [6, 6.07) is 9.43. The molecule has 22 heavy (non-hydrogen) atoms. The van der Waals surface area contributed by atoms with Gasteiger partial charge in [-0.05, 0) is 36.9 Å². The molecule has 0 bridgehead atoms. The van der Waals surface area contributed by atoms with Crippen LogP contribution in [0.1, 0.15) is 24.3 Å². The van der Waals surface area contributed by atoms with Crippen molar-refractivity contribution < 1.29 is 4.79 Å². The van der Waals surface area contributed by atoms with Crippen molar-refractivity contribution in [3.8, 4) is 0 Å². The second kappa shape index (κ2) is 7.86. The van der Waals surface area contributed by atoms with Crippen molar-refractivity contribution in [1.82, 2.24) is 10.2 Å². The number of nitrogens with one attached hydrogen (secondary N) is 1. The summed E-state index contributed by atoms with van der Waals surface area (Å²) >= 11 is 13.9. The SMILES string of the molecule is CC(C)NC(=O)N(Cc1cccs1)Cc1cccc(Cl)c1Cl. The number of rotatable bonds is 5. The highest BCUT2D eigenvalue weighted by molar-refractivity contribution is 7.09. The number of hydrogen-bond donors (Lipinski definition) is 1.